The van der Waals surface area contributed by atoms with E-state index in [1.807, 2.05) is 0 Å². The van der Waals surface area contributed by atoms with E-state index in [9.17, 15) is 0 Å². The van der Waals surface area contributed by atoms with Gasteiger partial charge in [-0.1, -0.05) is 98.3 Å². The molecule has 0 aliphatic carbocycles. The first-order valence-electron chi connectivity index (χ1n) is 8.54. The van der Waals surface area contributed by atoms with Crippen LogP contribution in [0.15, 0.2) is 0 Å². The minimum Gasteiger partial charge on any atom is -0.0654 e. The molecule has 0 aromatic carbocycles. The van der Waals surface area contributed by atoms with Gasteiger partial charge in [0.25, 0.3) is 0 Å². The Balaban J connectivity index is 3.11. The average Bonchev–Trinajstić information content (AvgIpc) is 2.39. The van der Waals surface area contributed by atoms with E-state index in [4.69, 9.17) is 0 Å². The lowest BCUT2D eigenvalue weighted by Gasteiger charge is -2.17. The second-order valence-electron chi connectivity index (χ2n) is 6.07. The highest BCUT2D eigenvalue weighted by Crippen LogP contribution is 2.23. The van der Waals surface area contributed by atoms with Crippen LogP contribution in [0.4, 0.5) is 0 Å². The van der Waals surface area contributed by atoms with Gasteiger partial charge in [0.15, 0.2) is 0 Å². The van der Waals surface area contributed by atoms with Crippen molar-refractivity contribution < 1.29 is 0 Å². The molecule has 0 heterocycles. The quantitative estimate of drug-likeness (QED) is 0.312. The lowest BCUT2D eigenvalue weighted by molar-refractivity contribution is 0.478. The molecule has 1 atom stereocenters. The Bertz CT molecular complexity index is 150. The van der Waals surface area contributed by atoms with E-state index in [0.717, 1.165) is 5.92 Å². The van der Waals surface area contributed by atoms with Gasteiger partial charge in [0.05, 0.1) is 0 Å². The number of hydrogen-bond donors (Lipinski definition) is 0. The fraction of sp³-hybridized carbons (Fsp3) is 0.944. The summed E-state index contributed by atoms with van der Waals surface area (Å²) in [6, 6.07) is 0. The molecule has 0 saturated carbocycles. The maximum Gasteiger partial charge on any atom is -0.0246 e. The Labute approximate surface area is 117 Å². The van der Waals surface area contributed by atoms with Crippen LogP contribution < -0.4 is 0 Å². The van der Waals surface area contributed by atoms with Crippen molar-refractivity contribution in [1.82, 2.24) is 0 Å². The second kappa shape index (κ2) is 13.4. The average molecular weight is 253 g/mol. The van der Waals surface area contributed by atoms with Crippen molar-refractivity contribution in [2.75, 3.05) is 0 Å². The van der Waals surface area contributed by atoms with Crippen molar-refractivity contribution in [1.29, 1.82) is 0 Å². The van der Waals surface area contributed by atoms with Gasteiger partial charge in [-0.2, -0.15) is 0 Å². The summed E-state index contributed by atoms with van der Waals surface area (Å²) in [6.45, 7) is 9.29. The lowest BCUT2D eigenvalue weighted by atomic mass is 9.89. The summed E-state index contributed by atoms with van der Waals surface area (Å²) in [5.74, 6) is 2.54. The zero-order valence-corrected chi connectivity index (χ0v) is 13.6. The van der Waals surface area contributed by atoms with E-state index >= 15 is 0 Å². The molecule has 1 unspecified atom stereocenters. The van der Waals surface area contributed by atoms with E-state index in [1.54, 1.807) is 5.92 Å². The van der Waals surface area contributed by atoms with Crippen molar-refractivity contribution in [3.8, 4) is 0 Å². The summed E-state index contributed by atoms with van der Waals surface area (Å²) in [5, 5.41) is 0. The summed E-state index contributed by atoms with van der Waals surface area (Å²) < 4.78 is 0. The standard InChI is InChI=1S/C18H37/c1-5-7-8-9-10-11-12-13-14-15-16-18(4)17(3)6-2/h18H,5-16H2,1-4H3. The first-order valence-corrected chi connectivity index (χ1v) is 8.54. The Morgan fingerprint density at radius 1 is 0.722 bits per heavy atom. The normalized spacial score (nSPS) is 13.2. The largest absolute Gasteiger partial charge is 0.0654 e. The summed E-state index contributed by atoms with van der Waals surface area (Å²) >= 11 is 0. The van der Waals surface area contributed by atoms with Crippen LogP contribution in [0.5, 0.6) is 0 Å². The van der Waals surface area contributed by atoms with E-state index < -0.39 is 0 Å². The van der Waals surface area contributed by atoms with Crippen LogP contribution >= 0.6 is 0 Å². The lowest BCUT2D eigenvalue weighted by Crippen LogP contribution is -2.04. The molecular weight excluding hydrogens is 216 g/mol. The molecule has 0 saturated heterocycles. The van der Waals surface area contributed by atoms with Crippen molar-refractivity contribution in [3.05, 3.63) is 5.92 Å². The number of rotatable bonds is 13. The molecule has 1 radical (unpaired) electrons. The van der Waals surface area contributed by atoms with Crippen molar-refractivity contribution in [2.45, 2.75) is 105 Å². The van der Waals surface area contributed by atoms with Gasteiger partial charge >= 0.3 is 0 Å². The maximum atomic E-state index is 2.40. The fourth-order valence-corrected chi connectivity index (χ4v) is 2.53. The highest BCUT2D eigenvalue weighted by molar-refractivity contribution is 4.87. The topological polar surface area (TPSA) is 0 Å². The zero-order chi connectivity index (χ0) is 13.6. The van der Waals surface area contributed by atoms with E-state index in [-0.39, 0.29) is 0 Å². The Hall–Kier alpha value is 0. The van der Waals surface area contributed by atoms with Crippen LogP contribution in [-0.4, -0.2) is 0 Å². The van der Waals surface area contributed by atoms with Crippen molar-refractivity contribution in [2.24, 2.45) is 5.92 Å². The molecule has 0 aliphatic rings. The molecule has 0 heteroatoms. The molecule has 109 valence electrons. The van der Waals surface area contributed by atoms with Crippen molar-refractivity contribution in [3.63, 3.8) is 0 Å². The highest BCUT2D eigenvalue weighted by Gasteiger charge is 2.09. The van der Waals surface area contributed by atoms with E-state index in [0.29, 0.717) is 0 Å². The van der Waals surface area contributed by atoms with Crippen LogP contribution in [0.3, 0.4) is 0 Å². The third-order valence-corrected chi connectivity index (χ3v) is 4.39. The van der Waals surface area contributed by atoms with Gasteiger partial charge < -0.3 is 0 Å². The molecular formula is C18H37. The Morgan fingerprint density at radius 3 is 1.61 bits per heavy atom. The van der Waals surface area contributed by atoms with Gasteiger partial charge in [-0.25, -0.2) is 0 Å². The van der Waals surface area contributed by atoms with Gasteiger partial charge in [0.1, 0.15) is 0 Å². The fourth-order valence-electron chi connectivity index (χ4n) is 2.53. The van der Waals surface area contributed by atoms with Crippen molar-refractivity contribution >= 4 is 0 Å². The molecule has 0 spiro atoms. The van der Waals surface area contributed by atoms with E-state index in [2.05, 4.69) is 27.7 Å². The number of hydrogen-bond acceptors (Lipinski definition) is 0. The summed E-state index contributed by atoms with van der Waals surface area (Å²) in [5.41, 5.74) is 0. The molecule has 0 aromatic heterocycles. The Kier molecular flexibility index (Phi) is 13.4. The van der Waals surface area contributed by atoms with Crippen LogP contribution in [0.25, 0.3) is 0 Å². The first kappa shape index (κ1) is 18.0. The predicted molar refractivity (Wildman–Crippen MR) is 84.8 cm³/mol. The van der Waals surface area contributed by atoms with Gasteiger partial charge in [0, 0.05) is 0 Å². The smallest absolute Gasteiger partial charge is 0.0246 e. The van der Waals surface area contributed by atoms with Crippen LogP contribution in [-0.2, 0) is 0 Å². The molecule has 0 aromatic rings. The molecule has 0 bridgehead atoms. The predicted octanol–water partition coefficient (Wildman–Crippen LogP) is 6.94. The molecule has 0 N–H and O–H groups in total. The second-order valence-corrected chi connectivity index (χ2v) is 6.07. The van der Waals surface area contributed by atoms with Gasteiger partial charge in [0.2, 0.25) is 0 Å². The molecule has 0 nitrogen and oxygen atoms in total. The zero-order valence-electron chi connectivity index (χ0n) is 13.6. The SMILES string of the molecule is CCCCCCCCCCCCC(C)[C](C)CC. The number of unbranched alkanes of at least 4 members (excludes halogenated alkanes) is 9. The maximum absolute atomic E-state index is 2.40. The van der Waals surface area contributed by atoms with E-state index in [1.165, 1.54) is 77.0 Å². The molecule has 18 heavy (non-hydrogen) atoms. The molecule has 0 aliphatic heterocycles. The third kappa shape index (κ3) is 11.1. The Morgan fingerprint density at radius 2 is 1.17 bits per heavy atom. The monoisotopic (exact) mass is 253 g/mol. The molecule has 0 amide bonds. The first-order chi connectivity index (χ1) is 8.72. The summed E-state index contributed by atoms with van der Waals surface area (Å²) in [7, 11) is 0. The van der Waals surface area contributed by atoms with Gasteiger partial charge in [-0.3, -0.25) is 0 Å². The highest BCUT2D eigenvalue weighted by atomic mass is 14.1. The minimum atomic E-state index is 0.851. The minimum absolute atomic E-state index is 0.851. The van der Waals surface area contributed by atoms with Crippen LogP contribution in [0, 0.1) is 11.8 Å². The van der Waals surface area contributed by atoms with Crippen LogP contribution in [0.1, 0.15) is 105 Å². The molecule has 0 fully saturated rings. The van der Waals surface area contributed by atoms with Crippen LogP contribution in [0.2, 0.25) is 0 Å². The summed E-state index contributed by atoms with van der Waals surface area (Å²) in [6.07, 6.45) is 17.2. The third-order valence-electron chi connectivity index (χ3n) is 4.39. The van der Waals surface area contributed by atoms with Gasteiger partial charge in [-0.05, 0) is 18.3 Å². The van der Waals surface area contributed by atoms with Gasteiger partial charge in [-0.15, -0.1) is 0 Å². The molecule has 0 rings (SSSR count). The summed E-state index contributed by atoms with van der Waals surface area (Å²) in [4.78, 5) is 0.